The van der Waals surface area contributed by atoms with E-state index in [1.165, 1.54) is 23.3 Å². The van der Waals surface area contributed by atoms with E-state index in [9.17, 15) is 30.7 Å². The van der Waals surface area contributed by atoms with E-state index in [-0.39, 0.29) is 47.1 Å². The van der Waals surface area contributed by atoms with Gasteiger partial charge in [-0.05, 0) is 139 Å². The van der Waals surface area contributed by atoms with E-state index in [1.807, 2.05) is 19.9 Å². The summed E-state index contributed by atoms with van der Waals surface area (Å²) < 4.78 is 92.2. The van der Waals surface area contributed by atoms with Crippen molar-refractivity contribution in [2.45, 2.75) is 153 Å². The van der Waals surface area contributed by atoms with Crippen molar-refractivity contribution in [2.24, 2.45) is 0 Å². The van der Waals surface area contributed by atoms with Crippen molar-refractivity contribution in [1.82, 2.24) is 4.67 Å². The summed E-state index contributed by atoms with van der Waals surface area (Å²) in [7, 11) is -11.8. The number of allylic oxidation sites excluding steroid dienone is 6. The second kappa shape index (κ2) is 21.9. The molecule has 3 aliphatic rings. The number of hydrogen-bond acceptors (Lipinski definition) is 13. The number of hydrogen-bond donors (Lipinski definition) is 0. The third-order valence-electron chi connectivity index (χ3n) is 13.5. The Morgan fingerprint density at radius 2 is 1.57 bits per heavy atom. The zero-order valence-electron chi connectivity index (χ0n) is 42.2. The van der Waals surface area contributed by atoms with E-state index < -0.39 is 44.0 Å². The molecule has 13 nitrogen and oxygen atoms in total. The van der Waals surface area contributed by atoms with Crippen LogP contribution in [0, 0.1) is 18.3 Å². The lowest BCUT2D eigenvalue weighted by Gasteiger charge is -2.37. The largest absolute Gasteiger partial charge is 0.779 e. The van der Waals surface area contributed by atoms with Crippen LogP contribution in [-0.2, 0) is 57.5 Å². The fraction of sp³-hybridized carbons (Fsp3) is 0.491. The van der Waals surface area contributed by atoms with Crippen molar-refractivity contribution in [2.75, 3.05) is 31.2 Å². The minimum absolute atomic E-state index is 0.0233. The average molecular weight is 1030 g/mol. The first-order chi connectivity index (χ1) is 32.7. The lowest BCUT2D eigenvalue weighted by molar-refractivity contribution is -0.438. The van der Waals surface area contributed by atoms with Crippen LogP contribution in [-0.4, -0.2) is 85.1 Å². The summed E-state index contributed by atoms with van der Waals surface area (Å²) in [6.07, 6.45) is 9.84. The van der Waals surface area contributed by atoms with E-state index in [0.29, 0.717) is 54.6 Å². The molecule has 0 amide bonds. The van der Waals surface area contributed by atoms with Gasteiger partial charge in [-0.25, -0.2) is 21.5 Å². The van der Waals surface area contributed by atoms with Crippen LogP contribution in [0.4, 0.5) is 11.4 Å². The Labute approximate surface area is 422 Å². The zero-order valence-corrected chi connectivity index (χ0v) is 45.5. The van der Waals surface area contributed by atoms with Crippen LogP contribution < -0.4 is 4.90 Å². The number of ketones is 1. The van der Waals surface area contributed by atoms with Gasteiger partial charge in [-0.15, -0.1) is 0 Å². The Bertz CT molecular complexity index is 2960. The first-order valence-corrected chi connectivity index (χ1v) is 28.4. The number of fused-ring (bicyclic) bond motifs is 4. The van der Waals surface area contributed by atoms with Crippen molar-refractivity contribution in [3.05, 3.63) is 105 Å². The van der Waals surface area contributed by atoms with Gasteiger partial charge in [-0.2, -0.15) is 14.7 Å². The first kappa shape index (κ1) is 55.2. The number of aryl methyl sites for hydroxylation is 1. The predicted octanol–water partition coefficient (Wildman–Crippen LogP) is 10.9. The highest BCUT2D eigenvalue weighted by atomic mass is 32.2. The lowest BCUT2D eigenvalue weighted by Crippen LogP contribution is -2.33. The smallest absolute Gasteiger partial charge is 0.259 e. The normalized spacial score (nSPS) is 18.2. The van der Waals surface area contributed by atoms with Crippen LogP contribution in [0.2, 0.25) is 0 Å². The van der Waals surface area contributed by atoms with Crippen LogP contribution in [0.3, 0.4) is 0 Å². The van der Waals surface area contributed by atoms with E-state index in [1.54, 1.807) is 13.0 Å². The van der Waals surface area contributed by atoms with E-state index in [0.717, 1.165) is 66.0 Å². The molecule has 0 saturated carbocycles. The number of rotatable bonds is 23. The van der Waals surface area contributed by atoms with E-state index >= 15 is 0 Å². The molecule has 1 aliphatic carbocycles. The maximum atomic E-state index is 12.7. The Balaban J connectivity index is 1.39. The highest BCUT2D eigenvalue weighted by Crippen LogP contribution is 2.52. The van der Waals surface area contributed by atoms with Crippen LogP contribution in [0.5, 0.6) is 0 Å². The molecule has 70 heavy (non-hydrogen) atoms. The Morgan fingerprint density at radius 3 is 2.19 bits per heavy atom. The number of nitrogens with zero attached hydrogens (tertiary/aromatic N) is 4. The number of benzene rings is 3. The maximum absolute atomic E-state index is 12.7. The van der Waals surface area contributed by atoms with Crippen LogP contribution in [0.1, 0.15) is 130 Å². The summed E-state index contributed by atoms with van der Waals surface area (Å²) in [4.78, 5) is 13.1. The van der Waals surface area contributed by atoms with E-state index in [4.69, 9.17) is 26.9 Å². The number of unbranched alkanes of at least 4 members (excludes halogenated alkanes) is 4. The topological polar surface area (TPSA) is 183 Å². The lowest BCUT2D eigenvalue weighted by atomic mass is 9.76. The molecule has 17 heteroatoms. The highest BCUT2D eigenvalue weighted by Gasteiger charge is 2.47. The Morgan fingerprint density at radius 1 is 0.900 bits per heavy atom. The third-order valence-corrected chi connectivity index (χ3v) is 17.7. The minimum Gasteiger partial charge on any atom is -0.779 e. The second-order valence-electron chi connectivity index (χ2n) is 20.1. The minimum atomic E-state index is -5.21. The first-order valence-electron chi connectivity index (χ1n) is 24.1. The summed E-state index contributed by atoms with van der Waals surface area (Å²) in [5.74, 6) is 0.194. The number of nitriles is 1. The van der Waals surface area contributed by atoms with Gasteiger partial charge in [0, 0.05) is 71.4 Å². The van der Waals surface area contributed by atoms with E-state index in [2.05, 4.69) is 99.5 Å². The summed E-state index contributed by atoms with van der Waals surface area (Å²) in [5, 5.41) is 9.34. The molecule has 0 radical (unpaired) electrons. The number of carbonyl (C=O) groups is 1. The molecule has 0 spiro atoms. The molecule has 378 valence electrons. The summed E-state index contributed by atoms with van der Waals surface area (Å²) in [6.45, 7) is 26.9. The standard InChI is InChI=1S/C53H69N4O9PS3/c1-34(2)57(35(3)4)67(66-28-18-24-54)65-27-17-13-16-26-56-46-23-21-40-43(30-39(69(59,60)61)31-47(40)70(62,63)64)50(46)53(10,11)49(56)33-42-38(7)41(51(42)68)32-48-52(8,9)44-29-36(5)20-22-45(44)55(48)25-15-12-14-19-37(6)58/h20-23,29-35H,7,12-19,25-28H2,1-6,8-11H3,(H2-,59,60,61,62,63,64,68)/p-2. The molecule has 0 bridgehead atoms. The number of anilines is 1. The molecular formula is C53H67N4O9PS3-2. The van der Waals surface area contributed by atoms with Gasteiger partial charge in [-0.1, -0.05) is 44.5 Å². The van der Waals surface area contributed by atoms with Gasteiger partial charge in [0.25, 0.3) is 8.53 Å². The predicted molar refractivity (Wildman–Crippen MR) is 278 cm³/mol. The van der Waals surface area contributed by atoms with Crippen LogP contribution in [0.15, 0.2) is 98.3 Å². The fourth-order valence-corrected chi connectivity index (χ4v) is 13.4. The fourth-order valence-electron chi connectivity index (χ4n) is 10.1. The van der Waals surface area contributed by atoms with Crippen molar-refractivity contribution in [3.63, 3.8) is 0 Å². The van der Waals surface area contributed by atoms with Crippen LogP contribution >= 0.6 is 8.53 Å². The highest BCUT2D eigenvalue weighted by molar-refractivity contribution is 7.86. The van der Waals surface area contributed by atoms with Crippen molar-refractivity contribution >= 4 is 75.0 Å². The summed E-state index contributed by atoms with van der Waals surface area (Å²) >= 11 is 6.24. The molecular weight excluding hydrogens is 964 g/mol. The molecule has 0 saturated heterocycles. The SMILES string of the molecule is C=C1C(=CC2=[N+](CCCCCOP(OCCC#N)N(C(C)C)C(C)C)c3ccc4c(S(=O)(=O)[O-])cc(S(=O)(=O)[O-])cc4c3C2(C)C)C([S-])=C1C=C1N(CCCCCC(C)=O)c2ccc(C)cc2C1(C)C. The van der Waals surface area contributed by atoms with Gasteiger partial charge in [0.15, 0.2) is 5.71 Å². The zero-order chi connectivity index (χ0) is 51.7. The van der Waals surface area contributed by atoms with Gasteiger partial charge >= 0.3 is 0 Å². The van der Waals surface area contributed by atoms with Gasteiger partial charge in [-0.3, -0.25) is 0 Å². The maximum Gasteiger partial charge on any atom is 0.259 e. The average Bonchev–Trinajstić information content (AvgIpc) is 3.61. The molecule has 2 heterocycles. The van der Waals surface area contributed by atoms with Gasteiger partial charge in [0.1, 0.15) is 32.6 Å². The molecule has 0 N–H and O–H groups in total. The van der Waals surface area contributed by atoms with Crippen molar-refractivity contribution in [1.29, 1.82) is 5.26 Å². The Kier molecular flexibility index (Phi) is 17.3. The van der Waals surface area contributed by atoms with Gasteiger partial charge < -0.3 is 40.5 Å². The quantitative estimate of drug-likeness (QED) is 0.0288. The number of Topliss-reactive ketones (excluding diaryl/α,β-unsaturated/α-hetero) is 1. The van der Waals surface area contributed by atoms with Gasteiger partial charge in [0.2, 0.25) is 5.69 Å². The third kappa shape index (κ3) is 11.5. The Hall–Kier alpha value is -4.14. The van der Waals surface area contributed by atoms with Crippen molar-refractivity contribution in [3.8, 4) is 6.07 Å². The molecule has 1 atom stereocenters. The molecule has 0 fully saturated rings. The molecule has 6 rings (SSSR count). The molecule has 3 aromatic rings. The summed E-state index contributed by atoms with van der Waals surface area (Å²) in [6, 6.07) is 14.1. The molecule has 3 aromatic carbocycles. The van der Waals surface area contributed by atoms with Crippen molar-refractivity contribution < 1.29 is 44.4 Å². The molecule has 1 unspecified atom stereocenters. The van der Waals surface area contributed by atoms with Gasteiger partial charge in [0.05, 0.1) is 40.9 Å². The second-order valence-corrected chi connectivity index (χ2v) is 24.7. The summed E-state index contributed by atoms with van der Waals surface area (Å²) in [5.41, 5.74) is 7.78. The molecule has 2 aliphatic heterocycles. The number of carbonyl (C=O) groups excluding carboxylic acids is 1. The van der Waals surface area contributed by atoms with Crippen LogP contribution in [0.25, 0.3) is 10.8 Å². The monoisotopic (exact) mass is 1030 g/mol. The molecule has 0 aromatic heterocycles.